The first-order valence-corrected chi connectivity index (χ1v) is 8.10. The van der Waals surface area contributed by atoms with E-state index in [9.17, 15) is 9.59 Å². The van der Waals surface area contributed by atoms with Crippen LogP contribution >= 0.6 is 15.9 Å². The molecule has 0 atom stereocenters. The van der Waals surface area contributed by atoms with E-state index in [0.717, 1.165) is 41.7 Å². The summed E-state index contributed by atoms with van der Waals surface area (Å²) in [4.78, 5) is 27.7. The van der Waals surface area contributed by atoms with Gasteiger partial charge in [-0.1, -0.05) is 15.9 Å². The van der Waals surface area contributed by atoms with E-state index in [1.165, 1.54) is 13.3 Å². The molecule has 0 bridgehead atoms. The SMILES string of the molecule is CC(=O)N(CC(=O)N1CCCCC1)c1ccc(Br)c(C)c1. The summed E-state index contributed by atoms with van der Waals surface area (Å²) in [6, 6.07) is 5.70. The summed E-state index contributed by atoms with van der Waals surface area (Å²) < 4.78 is 0.997. The molecule has 4 nitrogen and oxygen atoms in total. The number of nitrogens with zero attached hydrogens (tertiary/aromatic N) is 2. The van der Waals surface area contributed by atoms with Crippen LogP contribution in [0.1, 0.15) is 31.7 Å². The van der Waals surface area contributed by atoms with Crippen molar-refractivity contribution in [3.63, 3.8) is 0 Å². The zero-order valence-corrected chi connectivity index (χ0v) is 14.1. The van der Waals surface area contributed by atoms with Gasteiger partial charge in [-0.15, -0.1) is 0 Å². The first kappa shape index (κ1) is 16.0. The second-order valence-electron chi connectivity index (χ2n) is 5.48. The third kappa shape index (κ3) is 4.06. The number of halogens is 1. The Hall–Kier alpha value is -1.36. The van der Waals surface area contributed by atoms with Gasteiger partial charge < -0.3 is 9.80 Å². The molecule has 2 rings (SSSR count). The molecule has 1 fully saturated rings. The van der Waals surface area contributed by atoms with Crippen LogP contribution in [0.25, 0.3) is 0 Å². The maximum Gasteiger partial charge on any atom is 0.242 e. The van der Waals surface area contributed by atoms with Crippen molar-refractivity contribution in [1.29, 1.82) is 0 Å². The summed E-state index contributed by atoms with van der Waals surface area (Å²) in [5, 5.41) is 0. The largest absolute Gasteiger partial charge is 0.341 e. The van der Waals surface area contributed by atoms with E-state index in [0.29, 0.717) is 0 Å². The smallest absolute Gasteiger partial charge is 0.242 e. The molecule has 1 heterocycles. The van der Waals surface area contributed by atoms with Crippen LogP contribution in [-0.2, 0) is 9.59 Å². The lowest BCUT2D eigenvalue weighted by Gasteiger charge is -2.29. The monoisotopic (exact) mass is 352 g/mol. The molecular formula is C16H21BrN2O2. The van der Waals surface area contributed by atoms with Gasteiger partial charge in [0.1, 0.15) is 6.54 Å². The summed E-state index contributed by atoms with van der Waals surface area (Å²) >= 11 is 3.45. The Morgan fingerprint density at radius 1 is 1.24 bits per heavy atom. The number of piperidine rings is 1. The predicted octanol–water partition coefficient (Wildman–Crippen LogP) is 3.12. The number of amides is 2. The van der Waals surface area contributed by atoms with Gasteiger partial charge in [-0.05, 0) is 49.9 Å². The third-order valence-electron chi connectivity index (χ3n) is 3.84. The topological polar surface area (TPSA) is 40.6 Å². The maximum absolute atomic E-state index is 12.4. The minimum Gasteiger partial charge on any atom is -0.341 e. The highest BCUT2D eigenvalue weighted by molar-refractivity contribution is 9.10. The van der Waals surface area contributed by atoms with E-state index in [4.69, 9.17) is 0 Å². The van der Waals surface area contributed by atoms with E-state index in [1.807, 2.05) is 30.0 Å². The fourth-order valence-electron chi connectivity index (χ4n) is 2.56. The number of likely N-dealkylation sites (tertiary alicyclic amines) is 1. The summed E-state index contributed by atoms with van der Waals surface area (Å²) in [6.07, 6.45) is 3.30. The molecule has 1 aromatic rings. The van der Waals surface area contributed by atoms with Gasteiger partial charge in [-0.25, -0.2) is 0 Å². The molecule has 0 unspecified atom stereocenters. The Kier molecular flexibility index (Phi) is 5.39. The zero-order valence-electron chi connectivity index (χ0n) is 12.6. The van der Waals surface area contributed by atoms with E-state index < -0.39 is 0 Å². The Balaban J connectivity index is 2.13. The normalized spacial score (nSPS) is 14.9. The number of hydrogen-bond acceptors (Lipinski definition) is 2. The van der Waals surface area contributed by atoms with Crippen molar-refractivity contribution in [3.8, 4) is 0 Å². The second kappa shape index (κ2) is 7.07. The van der Waals surface area contributed by atoms with Crippen LogP contribution in [0.5, 0.6) is 0 Å². The molecule has 0 saturated carbocycles. The van der Waals surface area contributed by atoms with Crippen molar-refractivity contribution in [3.05, 3.63) is 28.2 Å². The molecule has 0 aromatic heterocycles. The number of hydrogen-bond donors (Lipinski definition) is 0. The summed E-state index contributed by atoms with van der Waals surface area (Å²) in [6.45, 7) is 5.21. The summed E-state index contributed by atoms with van der Waals surface area (Å²) in [7, 11) is 0. The molecule has 0 radical (unpaired) electrons. The lowest BCUT2D eigenvalue weighted by molar-refractivity contribution is -0.132. The molecule has 0 spiro atoms. The third-order valence-corrected chi connectivity index (χ3v) is 4.73. The first-order chi connectivity index (χ1) is 9.99. The van der Waals surface area contributed by atoms with Crippen LogP contribution in [0.2, 0.25) is 0 Å². The van der Waals surface area contributed by atoms with Crippen molar-refractivity contribution in [1.82, 2.24) is 4.90 Å². The molecule has 21 heavy (non-hydrogen) atoms. The van der Waals surface area contributed by atoms with Crippen LogP contribution in [0.3, 0.4) is 0 Å². The quantitative estimate of drug-likeness (QED) is 0.838. The van der Waals surface area contributed by atoms with Gasteiger partial charge in [0.15, 0.2) is 0 Å². The fourth-order valence-corrected chi connectivity index (χ4v) is 2.81. The average molecular weight is 353 g/mol. The van der Waals surface area contributed by atoms with Crippen molar-refractivity contribution in [2.75, 3.05) is 24.5 Å². The van der Waals surface area contributed by atoms with E-state index in [1.54, 1.807) is 4.90 Å². The number of anilines is 1. The summed E-state index contributed by atoms with van der Waals surface area (Å²) in [5.74, 6) is -0.0763. The average Bonchev–Trinajstić information content (AvgIpc) is 2.48. The maximum atomic E-state index is 12.4. The Bertz CT molecular complexity index is 539. The highest BCUT2D eigenvalue weighted by Gasteiger charge is 2.22. The molecule has 5 heteroatoms. The number of carbonyl (C=O) groups is 2. The second-order valence-corrected chi connectivity index (χ2v) is 6.33. The molecule has 1 aliphatic rings. The zero-order chi connectivity index (χ0) is 15.4. The van der Waals surface area contributed by atoms with Gasteiger partial charge in [0.25, 0.3) is 0 Å². The van der Waals surface area contributed by atoms with Crippen molar-refractivity contribution < 1.29 is 9.59 Å². The number of benzene rings is 1. The first-order valence-electron chi connectivity index (χ1n) is 7.31. The van der Waals surface area contributed by atoms with Crippen LogP contribution in [0.4, 0.5) is 5.69 Å². The van der Waals surface area contributed by atoms with Crippen molar-refractivity contribution in [2.24, 2.45) is 0 Å². The number of rotatable bonds is 3. The lowest BCUT2D eigenvalue weighted by Crippen LogP contribution is -2.44. The van der Waals surface area contributed by atoms with Gasteiger partial charge in [-0.2, -0.15) is 0 Å². The van der Waals surface area contributed by atoms with Gasteiger partial charge >= 0.3 is 0 Å². The predicted molar refractivity (Wildman–Crippen MR) is 87.3 cm³/mol. The highest BCUT2D eigenvalue weighted by atomic mass is 79.9. The number of carbonyl (C=O) groups excluding carboxylic acids is 2. The van der Waals surface area contributed by atoms with E-state index in [-0.39, 0.29) is 18.4 Å². The highest BCUT2D eigenvalue weighted by Crippen LogP contribution is 2.23. The number of aryl methyl sites for hydroxylation is 1. The molecule has 2 amide bonds. The van der Waals surface area contributed by atoms with Crippen molar-refractivity contribution >= 4 is 33.4 Å². The van der Waals surface area contributed by atoms with Crippen LogP contribution in [-0.4, -0.2) is 36.3 Å². The Morgan fingerprint density at radius 3 is 2.48 bits per heavy atom. The fraction of sp³-hybridized carbons (Fsp3) is 0.500. The molecular weight excluding hydrogens is 332 g/mol. The van der Waals surface area contributed by atoms with Crippen LogP contribution < -0.4 is 4.90 Å². The standard InChI is InChI=1S/C16H21BrN2O2/c1-12-10-14(6-7-15(12)17)19(13(2)20)11-16(21)18-8-4-3-5-9-18/h6-7,10H,3-5,8-9,11H2,1-2H3. The lowest BCUT2D eigenvalue weighted by atomic mass is 10.1. The van der Waals surface area contributed by atoms with Crippen molar-refractivity contribution in [2.45, 2.75) is 33.1 Å². The van der Waals surface area contributed by atoms with Crippen LogP contribution in [0.15, 0.2) is 22.7 Å². The molecule has 0 N–H and O–H groups in total. The molecule has 1 saturated heterocycles. The Labute approximate surface area is 134 Å². The van der Waals surface area contributed by atoms with Gasteiger partial charge in [0.2, 0.25) is 11.8 Å². The molecule has 1 aliphatic heterocycles. The van der Waals surface area contributed by atoms with Gasteiger partial charge in [0, 0.05) is 30.2 Å². The Morgan fingerprint density at radius 2 is 1.90 bits per heavy atom. The summed E-state index contributed by atoms with van der Waals surface area (Å²) in [5.41, 5.74) is 1.82. The van der Waals surface area contributed by atoms with E-state index in [2.05, 4.69) is 15.9 Å². The molecule has 114 valence electrons. The molecule has 0 aliphatic carbocycles. The van der Waals surface area contributed by atoms with E-state index >= 15 is 0 Å². The van der Waals surface area contributed by atoms with Gasteiger partial charge in [-0.3, -0.25) is 9.59 Å². The van der Waals surface area contributed by atoms with Crippen LogP contribution in [0, 0.1) is 6.92 Å². The molecule has 1 aromatic carbocycles. The minimum absolute atomic E-state index is 0.0328. The van der Waals surface area contributed by atoms with Gasteiger partial charge in [0.05, 0.1) is 0 Å². The minimum atomic E-state index is -0.109.